The first-order valence-electron chi connectivity index (χ1n) is 8.66. The summed E-state index contributed by atoms with van der Waals surface area (Å²) in [6.07, 6.45) is 3.77. The second-order valence-electron chi connectivity index (χ2n) is 6.57. The number of rotatable bonds is 5. The van der Waals surface area contributed by atoms with Crippen LogP contribution < -0.4 is 16.8 Å². The third-order valence-corrected chi connectivity index (χ3v) is 4.92. The van der Waals surface area contributed by atoms with Gasteiger partial charge in [0.05, 0.1) is 5.70 Å². The summed E-state index contributed by atoms with van der Waals surface area (Å²) in [5.41, 5.74) is 16.0. The molecule has 1 saturated heterocycles. The van der Waals surface area contributed by atoms with E-state index in [1.807, 2.05) is 25.4 Å². The first-order chi connectivity index (χ1) is 12.1. The van der Waals surface area contributed by atoms with Gasteiger partial charge in [-0.2, -0.15) is 0 Å². The summed E-state index contributed by atoms with van der Waals surface area (Å²) in [5.74, 6) is 0.978. The number of aromatic amines is 1. The molecule has 0 saturated carbocycles. The molecule has 1 aromatic carbocycles. The molecule has 0 spiro atoms. The Labute approximate surface area is 147 Å². The highest BCUT2D eigenvalue weighted by Crippen LogP contribution is 2.28. The normalized spacial score (nSPS) is 17.4. The number of piperidine rings is 1. The van der Waals surface area contributed by atoms with Crippen molar-refractivity contribution in [1.82, 2.24) is 9.88 Å². The van der Waals surface area contributed by atoms with Gasteiger partial charge in [0.1, 0.15) is 11.6 Å². The van der Waals surface area contributed by atoms with E-state index in [0.29, 0.717) is 5.70 Å². The van der Waals surface area contributed by atoms with Crippen molar-refractivity contribution >= 4 is 11.5 Å². The highest BCUT2D eigenvalue weighted by Gasteiger charge is 2.23. The molecule has 25 heavy (non-hydrogen) atoms. The number of halogens is 1. The van der Waals surface area contributed by atoms with E-state index in [4.69, 9.17) is 11.5 Å². The molecule has 2 aromatic rings. The molecular formula is C19H26FN5. The van der Waals surface area contributed by atoms with E-state index in [1.165, 1.54) is 6.07 Å². The van der Waals surface area contributed by atoms with E-state index < -0.39 is 0 Å². The monoisotopic (exact) mass is 343 g/mol. The molecule has 1 aliphatic heterocycles. The summed E-state index contributed by atoms with van der Waals surface area (Å²) >= 11 is 0. The SMILES string of the molecule is CNc1[nH]ccc1/C(N)=C(/N)C1CCN(Cc2cccc(F)c2)CC1. The largest absolute Gasteiger partial charge is 0.400 e. The highest BCUT2D eigenvalue weighted by molar-refractivity contribution is 5.74. The Morgan fingerprint density at radius 2 is 2.04 bits per heavy atom. The smallest absolute Gasteiger partial charge is 0.123 e. The molecule has 134 valence electrons. The quantitative estimate of drug-likeness (QED) is 0.673. The molecule has 0 radical (unpaired) electrons. The predicted octanol–water partition coefficient (Wildman–Crippen LogP) is 2.69. The van der Waals surface area contributed by atoms with Crippen LogP contribution in [0.1, 0.15) is 24.0 Å². The molecule has 0 unspecified atom stereocenters. The summed E-state index contributed by atoms with van der Waals surface area (Å²) < 4.78 is 13.3. The Morgan fingerprint density at radius 3 is 2.72 bits per heavy atom. The zero-order valence-electron chi connectivity index (χ0n) is 14.6. The van der Waals surface area contributed by atoms with Crippen LogP contribution in [-0.2, 0) is 6.54 Å². The first-order valence-corrected chi connectivity index (χ1v) is 8.66. The fourth-order valence-electron chi connectivity index (χ4n) is 3.47. The number of likely N-dealkylation sites (tertiary alicyclic amines) is 1. The summed E-state index contributed by atoms with van der Waals surface area (Å²) in [6.45, 7) is 2.63. The lowest BCUT2D eigenvalue weighted by Gasteiger charge is -2.32. The topological polar surface area (TPSA) is 83.1 Å². The molecule has 2 heterocycles. The van der Waals surface area contributed by atoms with E-state index >= 15 is 0 Å². The highest BCUT2D eigenvalue weighted by atomic mass is 19.1. The van der Waals surface area contributed by atoms with Crippen molar-refractivity contribution in [2.45, 2.75) is 19.4 Å². The molecule has 3 rings (SSSR count). The lowest BCUT2D eigenvalue weighted by Crippen LogP contribution is -2.35. The molecular weight excluding hydrogens is 317 g/mol. The molecule has 0 atom stereocenters. The maximum atomic E-state index is 13.3. The predicted molar refractivity (Wildman–Crippen MR) is 100 cm³/mol. The second-order valence-corrected chi connectivity index (χ2v) is 6.57. The number of nitrogens with one attached hydrogen (secondary N) is 2. The van der Waals surface area contributed by atoms with Crippen molar-refractivity contribution in [3.05, 3.63) is 59.2 Å². The van der Waals surface area contributed by atoms with Crippen LogP contribution >= 0.6 is 0 Å². The molecule has 0 amide bonds. The van der Waals surface area contributed by atoms with Gasteiger partial charge in [-0.05, 0) is 49.7 Å². The van der Waals surface area contributed by atoms with Gasteiger partial charge in [-0.1, -0.05) is 12.1 Å². The lowest BCUT2D eigenvalue weighted by molar-refractivity contribution is 0.191. The summed E-state index contributed by atoms with van der Waals surface area (Å²) in [6, 6.07) is 8.74. The van der Waals surface area contributed by atoms with Crippen LogP contribution in [0, 0.1) is 11.7 Å². The number of aromatic nitrogens is 1. The van der Waals surface area contributed by atoms with Crippen molar-refractivity contribution < 1.29 is 4.39 Å². The minimum absolute atomic E-state index is 0.181. The zero-order chi connectivity index (χ0) is 17.8. The van der Waals surface area contributed by atoms with Gasteiger partial charge in [0.15, 0.2) is 0 Å². The third kappa shape index (κ3) is 3.96. The fourth-order valence-corrected chi connectivity index (χ4v) is 3.47. The lowest BCUT2D eigenvalue weighted by atomic mass is 9.91. The van der Waals surface area contributed by atoms with Crippen molar-refractivity contribution in [3.63, 3.8) is 0 Å². The number of nitrogens with two attached hydrogens (primary N) is 2. The summed E-state index contributed by atoms with van der Waals surface area (Å²) in [5, 5.41) is 3.09. The zero-order valence-corrected chi connectivity index (χ0v) is 14.6. The van der Waals surface area contributed by atoms with Crippen LogP contribution in [0.5, 0.6) is 0 Å². The maximum Gasteiger partial charge on any atom is 0.123 e. The number of allylic oxidation sites excluding steroid dienone is 1. The number of benzene rings is 1. The van der Waals surface area contributed by atoms with Gasteiger partial charge in [-0.3, -0.25) is 4.90 Å². The van der Waals surface area contributed by atoms with Gasteiger partial charge >= 0.3 is 0 Å². The Kier molecular flexibility index (Phi) is 5.28. The van der Waals surface area contributed by atoms with E-state index in [0.717, 1.165) is 55.1 Å². The number of hydrogen-bond donors (Lipinski definition) is 4. The Hall–Kier alpha value is -2.47. The molecule has 1 fully saturated rings. The van der Waals surface area contributed by atoms with Crippen LogP contribution in [0.4, 0.5) is 10.2 Å². The number of nitrogens with zero attached hydrogens (tertiary/aromatic N) is 1. The van der Waals surface area contributed by atoms with Crippen molar-refractivity contribution in [1.29, 1.82) is 0 Å². The minimum atomic E-state index is -0.181. The van der Waals surface area contributed by atoms with Gasteiger partial charge in [-0.15, -0.1) is 0 Å². The van der Waals surface area contributed by atoms with Crippen LogP contribution in [0.2, 0.25) is 0 Å². The van der Waals surface area contributed by atoms with Crippen molar-refractivity contribution in [2.75, 3.05) is 25.5 Å². The molecule has 6 heteroatoms. The molecule has 0 aliphatic carbocycles. The van der Waals surface area contributed by atoms with Gasteiger partial charge < -0.3 is 21.8 Å². The fraction of sp³-hybridized carbons (Fsp3) is 0.368. The Morgan fingerprint density at radius 1 is 1.28 bits per heavy atom. The van der Waals surface area contributed by atoms with E-state index in [-0.39, 0.29) is 11.7 Å². The van der Waals surface area contributed by atoms with E-state index in [2.05, 4.69) is 15.2 Å². The molecule has 1 aromatic heterocycles. The molecule has 5 nitrogen and oxygen atoms in total. The van der Waals surface area contributed by atoms with Gasteiger partial charge in [0.25, 0.3) is 0 Å². The average Bonchev–Trinajstić information content (AvgIpc) is 3.10. The number of anilines is 1. The number of hydrogen-bond acceptors (Lipinski definition) is 4. The summed E-state index contributed by atoms with van der Waals surface area (Å²) in [4.78, 5) is 5.45. The second kappa shape index (κ2) is 7.61. The van der Waals surface area contributed by atoms with Gasteiger partial charge in [0.2, 0.25) is 0 Å². The van der Waals surface area contributed by atoms with E-state index in [1.54, 1.807) is 12.1 Å². The van der Waals surface area contributed by atoms with Crippen molar-refractivity contribution in [2.24, 2.45) is 17.4 Å². The molecule has 6 N–H and O–H groups in total. The molecule has 0 bridgehead atoms. The maximum absolute atomic E-state index is 13.3. The van der Waals surface area contributed by atoms with Crippen LogP contribution in [-0.4, -0.2) is 30.0 Å². The first kappa shape index (κ1) is 17.4. The van der Waals surface area contributed by atoms with Gasteiger partial charge in [0, 0.05) is 37.0 Å². The van der Waals surface area contributed by atoms with Gasteiger partial charge in [-0.25, -0.2) is 4.39 Å². The molecule has 1 aliphatic rings. The van der Waals surface area contributed by atoms with Crippen LogP contribution in [0.3, 0.4) is 0 Å². The third-order valence-electron chi connectivity index (χ3n) is 4.92. The summed E-state index contributed by atoms with van der Waals surface area (Å²) in [7, 11) is 1.85. The average molecular weight is 343 g/mol. The van der Waals surface area contributed by atoms with Crippen molar-refractivity contribution in [3.8, 4) is 0 Å². The standard InChI is InChI=1S/C19H26FN5/c1-23-19-16(5-8-24-19)18(22)17(21)14-6-9-25(10-7-14)12-13-3-2-4-15(20)11-13/h2-5,8,11,14,23-24H,6-7,9-10,12,21-22H2,1H3/b18-17-. The Balaban J connectivity index is 1.62. The van der Waals surface area contributed by atoms with Crippen LogP contribution in [0.25, 0.3) is 5.70 Å². The minimum Gasteiger partial charge on any atom is -0.400 e. The van der Waals surface area contributed by atoms with E-state index in [9.17, 15) is 4.39 Å². The Bertz CT molecular complexity index is 744. The number of H-pyrrole nitrogens is 1. The van der Waals surface area contributed by atoms with Crippen LogP contribution in [0.15, 0.2) is 42.2 Å².